The summed E-state index contributed by atoms with van der Waals surface area (Å²) in [6.45, 7) is 3.97. The average Bonchev–Trinajstić information content (AvgIpc) is 3.22. The molecule has 1 aromatic carbocycles. The summed E-state index contributed by atoms with van der Waals surface area (Å²) in [6.07, 6.45) is 1.72. The molecular formula is C18H20ClFN8S. The number of benzene rings is 1. The first-order chi connectivity index (χ1) is 14.1. The van der Waals surface area contributed by atoms with Crippen molar-refractivity contribution in [1.29, 1.82) is 0 Å². The number of aromatic nitrogens is 4. The molecular weight excluding hydrogens is 415 g/mol. The third-order valence-electron chi connectivity index (χ3n) is 4.50. The van der Waals surface area contributed by atoms with E-state index in [9.17, 15) is 4.39 Å². The van der Waals surface area contributed by atoms with Crippen molar-refractivity contribution < 1.29 is 4.39 Å². The minimum atomic E-state index is -0.442. The van der Waals surface area contributed by atoms with E-state index in [1.165, 1.54) is 17.4 Å². The quantitative estimate of drug-likeness (QED) is 0.612. The molecule has 2 N–H and O–H groups in total. The molecule has 0 bridgehead atoms. The number of likely N-dealkylation sites (N-methyl/N-ethyl adjacent to an activating group) is 1. The van der Waals surface area contributed by atoms with Crippen molar-refractivity contribution in [3.05, 3.63) is 46.2 Å². The van der Waals surface area contributed by atoms with E-state index in [1.807, 2.05) is 5.38 Å². The lowest BCUT2D eigenvalue weighted by Crippen LogP contribution is -2.45. The van der Waals surface area contributed by atoms with Crippen LogP contribution in [0, 0.1) is 5.82 Å². The fourth-order valence-electron chi connectivity index (χ4n) is 2.86. The van der Waals surface area contributed by atoms with Crippen LogP contribution >= 0.6 is 22.9 Å². The standard InChI is InChI=1S/C18H20ClFN8S/c1-27-5-7-28(8-6-27)17-24-15(22-11-12-2-3-14(20)13(19)10-12)23-16(25-17)26-18-21-4-9-29-18/h2-4,9-10H,5-8,11H2,1H3,(H2,21,22,23,24,25,26). The van der Waals surface area contributed by atoms with Crippen molar-refractivity contribution in [2.24, 2.45) is 0 Å². The molecule has 3 aromatic rings. The Kier molecular flexibility index (Phi) is 6.02. The third-order valence-corrected chi connectivity index (χ3v) is 5.47. The van der Waals surface area contributed by atoms with Crippen molar-refractivity contribution in [2.45, 2.75) is 6.54 Å². The zero-order valence-corrected chi connectivity index (χ0v) is 17.3. The van der Waals surface area contributed by atoms with Gasteiger partial charge in [0.15, 0.2) is 5.13 Å². The normalized spacial score (nSPS) is 14.8. The highest BCUT2D eigenvalue weighted by atomic mass is 35.5. The van der Waals surface area contributed by atoms with E-state index in [0.29, 0.717) is 29.5 Å². The van der Waals surface area contributed by atoms with E-state index >= 15 is 0 Å². The van der Waals surface area contributed by atoms with E-state index in [-0.39, 0.29) is 5.02 Å². The van der Waals surface area contributed by atoms with Crippen molar-refractivity contribution in [3.8, 4) is 0 Å². The van der Waals surface area contributed by atoms with Gasteiger partial charge in [-0.25, -0.2) is 9.37 Å². The molecule has 0 unspecified atom stereocenters. The number of halogens is 2. The Balaban J connectivity index is 1.55. The zero-order chi connectivity index (χ0) is 20.2. The van der Waals surface area contributed by atoms with E-state index < -0.39 is 5.82 Å². The summed E-state index contributed by atoms with van der Waals surface area (Å²) in [6, 6.07) is 4.60. The summed E-state index contributed by atoms with van der Waals surface area (Å²) in [5.41, 5.74) is 0.826. The molecule has 29 heavy (non-hydrogen) atoms. The lowest BCUT2D eigenvalue weighted by molar-refractivity contribution is 0.311. The second-order valence-corrected chi connectivity index (χ2v) is 7.94. The topological polar surface area (TPSA) is 82.1 Å². The summed E-state index contributed by atoms with van der Waals surface area (Å²) in [5, 5.41) is 8.97. The predicted octanol–water partition coefficient (Wildman–Crippen LogP) is 3.23. The SMILES string of the molecule is CN1CCN(c2nc(NCc3ccc(F)c(Cl)c3)nc(Nc3nccs3)n2)CC1. The minimum absolute atomic E-state index is 0.0872. The molecule has 0 atom stereocenters. The van der Waals surface area contributed by atoms with Crippen LogP contribution in [0.15, 0.2) is 29.8 Å². The summed E-state index contributed by atoms with van der Waals surface area (Å²) in [5.74, 6) is 1.01. The lowest BCUT2D eigenvalue weighted by atomic mass is 10.2. The highest BCUT2D eigenvalue weighted by Gasteiger charge is 2.19. The van der Waals surface area contributed by atoms with Gasteiger partial charge in [0.05, 0.1) is 5.02 Å². The highest BCUT2D eigenvalue weighted by molar-refractivity contribution is 7.13. The highest BCUT2D eigenvalue weighted by Crippen LogP contribution is 2.21. The molecule has 2 aromatic heterocycles. The summed E-state index contributed by atoms with van der Waals surface area (Å²) >= 11 is 7.33. The van der Waals surface area contributed by atoms with Gasteiger partial charge in [0.1, 0.15) is 5.82 Å². The number of rotatable bonds is 6. The Hall–Kier alpha value is -2.56. The second-order valence-electron chi connectivity index (χ2n) is 6.64. The van der Waals surface area contributed by atoms with Crippen LogP contribution in [0.1, 0.15) is 5.56 Å². The summed E-state index contributed by atoms with van der Waals surface area (Å²) in [4.78, 5) is 22.2. The maximum atomic E-state index is 13.4. The average molecular weight is 435 g/mol. The first kappa shape index (κ1) is 19.7. The largest absolute Gasteiger partial charge is 0.350 e. The van der Waals surface area contributed by atoms with E-state index in [4.69, 9.17) is 11.6 Å². The summed E-state index contributed by atoms with van der Waals surface area (Å²) < 4.78 is 13.4. The van der Waals surface area contributed by atoms with Crippen LogP contribution < -0.4 is 15.5 Å². The Morgan fingerprint density at radius 1 is 1.14 bits per heavy atom. The fraction of sp³-hybridized carbons (Fsp3) is 0.333. The van der Waals surface area contributed by atoms with Gasteiger partial charge in [-0.3, -0.25) is 5.32 Å². The number of anilines is 4. The van der Waals surface area contributed by atoms with Crippen molar-refractivity contribution in [1.82, 2.24) is 24.8 Å². The van der Waals surface area contributed by atoms with Crippen molar-refractivity contribution in [2.75, 3.05) is 48.8 Å². The van der Waals surface area contributed by atoms with E-state index in [1.54, 1.807) is 18.3 Å². The number of piperazine rings is 1. The molecule has 1 aliphatic heterocycles. The maximum absolute atomic E-state index is 13.4. The molecule has 11 heteroatoms. The Bertz CT molecular complexity index is 962. The maximum Gasteiger partial charge on any atom is 0.235 e. The smallest absolute Gasteiger partial charge is 0.235 e. The molecule has 0 saturated carbocycles. The van der Waals surface area contributed by atoms with Crippen LogP contribution in [-0.2, 0) is 6.54 Å². The van der Waals surface area contributed by atoms with Crippen LogP contribution in [0.2, 0.25) is 5.02 Å². The van der Waals surface area contributed by atoms with Crippen molar-refractivity contribution in [3.63, 3.8) is 0 Å². The number of hydrogen-bond donors (Lipinski definition) is 2. The summed E-state index contributed by atoms with van der Waals surface area (Å²) in [7, 11) is 2.10. The number of nitrogens with zero attached hydrogens (tertiary/aromatic N) is 6. The van der Waals surface area contributed by atoms with E-state index in [2.05, 4.69) is 47.4 Å². The van der Waals surface area contributed by atoms with Crippen LogP contribution in [-0.4, -0.2) is 58.1 Å². The molecule has 0 aliphatic carbocycles. The van der Waals surface area contributed by atoms with E-state index in [0.717, 1.165) is 31.7 Å². The van der Waals surface area contributed by atoms with Gasteiger partial charge in [-0.2, -0.15) is 15.0 Å². The molecule has 4 rings (SSSR count). The van der Waals surface area contributed by atoms with Crippen molar-refractivity contribution >= 4 is 45.9 Å². The molecule has 1 saturated heterocycles. The third kappa shape index (κ3) is 5.08. The second kappa shape index (κ2) is 8.85. The van der Waals surface area contributed by atoms with Crippen LogP contribution in [0.25, 0.3) is 0 Å². The Labute approximate surface area is 176 Å². The van der Waals surface area contributed by atoms with Gasteiger partial charge in [0.2, 0.25) is 17.8 Å². The molecule has 152 valence electrons. The fourth-order valence-corrected chi connectivity index (χ4v) is 3.58. The molecule has 0 spiro atoms. The first-order valence-electron chi connectivity index (χ1n) is 9.11. The molecule has 0 radical (unpaired) electrons. The molecule has 1 aliphatic rings. The van der Waals surface area contributed by atoms with Gasteiger partial charge in [-0.15, -0.1) is 11.3 Å². The molecule has 0 amide bonds. The Morgan fingerprint density at radius 2 is 1.93 bits per heavy atom. The number of nitrogens with one attached hydrogen (secondary N) is 2. The van der Waals surface area contributed by atoms with Gasteiger partial charge in [0, 0.05) is 44.3 Å². The van der Waals surface area contributed by atoms with Gasteiger partial charge >= 0.3 is 0 Å². The van der Waals surface area contributed by atoms with Crippen LogP contribution in [0.3, 0.4) is 0 Å². The van der Waals surface area contributed by atoms with Gasteiger partial charge in [0.25, 0.3) is 0 Å². The van der Waals surface area contributed by atoms with Gasteiger partial charge in [-0.05, 0) is 24.7 Å². The van der Waals surface area contributed by atoms with Crippen LogP contribution in [0.4, 0.5) is 27.4 Å². The molecule has 8 nitrogen and oxygen atoms in total. The zero-order valence-electron chi connectivity index (χ0n) is 15.8. The number of hydrogen-bond acceptors (Lipinski definition) is 9. The van der Waals surface area contributed by atoms with Gasteiger partial charge in [-0.1, -0.05) is 17.7 Å². The molecule has 3 heterocycles. The minimum Gasteiger partial charge on any atom is -0.350 e. The molecule has 1 fully saturated rings. The first-order valence-corrected chi connectivity index (χ1v) is 10.4. The van der Waals surface area contributed by atoms with Gasteiger partial charge < -0.3 is 15.1 Å². The van der Waals surface area contributed by atoms with Crippen LogP contribution in [0.5, 0.6) is 0 Å². The Morgan fingerprint density at radius 3 is 2.66 bits per heavy atom. The number of thiazole rings is 1. The monoisotopic (exact) mass is 434 g/mol. The predicted molar refractivity (Wildman–Crippen MR) is 114 cm³/mol. The lowest BCUT2D eigenvalue weighted by Gasteiger charge is -2.32.